The van der Waals surface area contributed by atoms with Crippen LogP contribution in [-0.2, 0) is 9.84 Å². The van der Waals surface area contributed by atoms with Crippen molar-refractivity contribution in [3.8, 4) is 11.1 Å². The molecule has 0 saturated heterocycles. The minimum absolute atomic E-state index is 0.124. The summed E-state index contributed by atoms with van der Waals surface area (Å²) < 4.78 is 40.6. The van der Waals surface area contributed by atoms with Crippen molar-refractivity contribution in [3.63, 3.8) is 0 Å². The van der Waals surface area contributed by atoms with Gasteiger partial charge in [0.2, 0.25) is 5.91 Å². The van der Waals surface area contributed by atoms with Crippen LogP contribution >= 0.6 is 23.2 Å². The van der Waals surface area contributed by atoms with Gasteiger partial charge in [-0.2, -0.15) is 0 Å². The highest BCUT2D eigenvalue weighted by atomic mass is 35.5. The van der Waals surface area contributed by atoms with Crippen molar-refractivity contribution in [2.45, 2.75) is 32.1 Å². The van der Waals surface area contributed by atoms with Crippen LogP contribution in [-0.4, -0.2) is 38.0 Å². The lowest BCUT2D eigenvalue weighted by molar-refractivity contribution is 0.0984. The molecule has 0 spiro atoms. The van der Waals surface area contributed by atoms with E-state index >= 15 is 0 Å². The summed E-state index contributed by atoms with van der Waals surface area (Å²) in [7, 11) is -2.63. The van der Waals surface area contributed by atoms with Crippen LogP contribution in [0.15, 0.2) is 53.6 Å². The molecule has 0 radical (unpaired) electrons. The molecule has 0 aliphatic heterocycles. The van der Waals surface area contributed by atoms with Crippen LogP contribution in [0.2, 0.25) is 10.0 Å². The molecule has 0 fully saturated rings. The molecule has 0 aliphatic rings. The van der Waals surface area contributed by atoms with Crippen LogP contribution in [0, 0.1) is 5.82 Å². The van der Waals surface area contributed by atoms with E-state index in [1.807, 2.05) is 13.8 Å². The molecule has 11 heteroatoms. The lowest BCUT2D eigenvalue weighted by Crippen LogP contribution is -2.30. The maximum Gasteiger partial charge on any atom is 0.263 e. The van der Waals surface area contributed by atoms with Crippen LogP contribution in [0.4, 0.5) is 10.2 Å². The highest BCUT2D eigenvalue weighted by molar-refractivity contribution is 7.91. The fourth-order valence-corrected chi connectivity index (χ4v) is 5.31. The summed E-state index contributed by atoms with van der Waals surface area (Å²) in [6.07, 6.45) is 1.61. The Morgan fingerprint density at radius 1 is 1.08 bits per heavy atom. The standard InChI is InChI=1S/C23H20Cl2FN3O4S.C2H6/c1-3-9-34(32,33)19-11-14(15-10-13(21(27)30)7-8-16(15)24)12-28-22(19)29(2)23(31)20-17(25)5-4-6-18(20)26;1-2/h4-8,10-12H,3,9H2,1-2H3,(H2,27,30);1-2H3. The molecule has 3 aromatic rings. The first-order valence-corrected chi connectivity index (χ1v) is 13.4. The van der Waals surface area contributed by atoms with Gasteiger partial charge in [0.05, 0.1) is 16.3 Å². The third kappa shape index (κ3) is 6.21. The van der Waals surface area contributed by atoms with Gasteiger partial charge in [0.25, 0.3) is 5.91 Å². The lowest BCUT2D eigenvalue weighted by Gasteiger charge is -2.21. The molecule has 0 unspecified atom stereocenters. The molecule has 36 heavy (non-hydrogen) atoms. The normalized spacial score (nSPS) is 10.9. The third-order valence-electron chi connectivity index (χ3n) is 5.00. The zero-order chi connectivity index (χ0) is 27.2. The first kappa shape index (κ1) is 29.2. The first-order valence-electron chi connectivity index (χ1n) is 11.0. The number of carbonyl (C=O) groups excluding carboxylic acids is 2. The summed E-state index contributed by atoms with van der Waals surface area (Å²) in [6.45, 7) is 5.69. The van der Waals surface area contributed by atoms with Gasteiger partial charge in [-0.05, 0) is 42.8 Å². The number of sulfone groups is 1. The molecule has 2 amide bonds. The van der Waals surface area contributed by atoms with Gasteiger partial charge >= 0.3 is 0 Å². The van der Waals surface area contributed by atoms with Crippen LogP contribution in [0.1, 0.15) is 47.9 Å². The van der Waals surface area contributed by atoms with Crippen molar-refractivity contribution in [2.24, 2.45) is 5.73 Å². The number of rotatable bonds is 7. The molecule has 7 nitrogen and oxygen atoms in total. The molecule has 2 aromatic carbocycles. The average Bonchev–Trinajstić information content (AvgIpc) is 2.84. The number of hydrogen-bond acceptors (Lipinski definition) is 5. The van der Waals surface area contributed by atoms with Crippen LogP contribution in [0.3, 0.4) is 0 Å². The number of primary amides is 1. The Labute approximate surface area is 220 Å². The third-order valence-corrected chi connectivity index (χ3v) is 7.56. The maximum absolute atomic E-state index is 14.3. The van der Waals surface area contributed by atoms with E-state index in [2.05, 4.69) is 4.98 Å². The van der Waals surface area contributed by atoms with Crippen LogP contribution in [0.25, 0.3) is 11.1 Å². The molecular formula is C25H26Cl2FN3O4S. The number of nitrogens with zero attached hydrogens (tertiary/aromatic N) is 2. The maximum atomic E-state index is 14.3. The van der Waals surface area contributed by atoms with E-state index in [0.29, 0.717) is 12.0 Å². The zero-order valence-corrected chi connectivity index (χ0v) is 22.5. The predicted octanol–water partition coefficient (Wildman–Crippen LogP) is 5.78. The Morgan fingerprint density at radius 3 is 2.33 bits per heavy atom. The summed E-state index contributed by atoms with van der Waals surface area (Å²) in [5.74, 6) is -2.83. The Balaban J connectivity index is 0.00000222. The number of carbonyl (C=O) groups is 2. The summed E-state index contributed by atoms with van der Waals surface area (Å²) in [5, 5.41) is 0.113. The SMILES string of the molecule is CC.CCCS(=O)(=O)c1cc(-c2cc(C(N)=O)ccc2Cl)cnc1N(C)C(=O)c1c(F)cccc1Cl. The second-order valence-electron chi connectivity index (χ2n) is 7.38. The molecule has 0 saturated carbocycles. The van der Waals surface area contributed by atoms with Crippen molar-refractivity contribution in [3.05, 3.63) is 75.7 Å². The second-order valence-corrected chi connectivity index (χ2v) is 10.3. The van der Waals surface area contributed by atoms with Gasteiger partial charge in [-0.1, -0.05) is 50.0 Å². The quantitative estimate of drug-likeness (QED) is 0.398. The minimum Gasteiger partial charge on any atom is -0.366 e. The number of hydrogen-bond donors (Lipinski definition) is 1. The molecule has 2 N–H and O–H groups in total. The topological polar surface area (TPSA) is 110 Å². The number of amides is 2. The fourth-order valence-electron chi connectivity index (χ4n) is 3.31. The number of aromatic nitrogens is 1. The lowest BCUT2D eigenvalue weighted by atomic mass is 10.0. The summed E-state index contributed by atoms with van der Waals surface area (Å²) in [4.78, 5) is 29.5. The Kier molecular flexibility index (Phi) is 9.98. The van der Waals surface area contributed by atoms with Crippen molar-refractivity contribution < 1.29 is 22.4 Å². The minimum atomic E-state index is -3.91. The Morgan fingerprint density at radius 2 is 1.75 bits per heavy atom. The smallest absolute Gasteiger partial charge is 0.263 e. The molecule has 1 heterocycles. The van der Waals surface area contributed by atoms with Crippen molar-refractivity contribution in [1.82, 2.24) is 4.98 Å². The van der Waals surface area contributed by atoms with E-state index in [4.69, 9.17) is 28.9 Å². The van der Waals surface area contributed by atoms with Gasteiger partial charge in [-0.25, -0.2) is 17.8 Å². The molecule has 0 atom stereocenters. The van der Waals surface area contributed by atoms with Crippen LogP contribution in [0.5, 0.6) is 0 Å². The van der Waals surface area contributed by atoms with E-state index in [0.717, 1.165) is 11.0 Å². The van der Waals surface area contributed by atoms with Gasteiger partial charge in [0, 0.05) is 35.0 Å². The van der Waals surface area contributed by atoms with Gasteiger partial charge in [0.15, 0.2) is 15.7 Å². The first-order chi connectivity index (χ1) is 17.0. The number of halogens is 3. The summed E-state index contributed by atoms with van der Waals surface area (Å²) >= 11 is 12.3. The average molecular weight is 554 g/mol. The zero-order valence-electron chi connectivity index (χ0n) is 20.2. The van der Waals surface area contributed by atoms with Gasteiger partial charge in [0.1, 0.15) is 10.7 Å². The molecule has 192 valence electrons. The number of benzene rings is 2. The highest BCUT2D eigenvalue weighted by Crippen LogP contribution is 2.34. The fraction of sp³-hybridized carbons (Fsp3) is 0.240. The Hall–Kier alpha value is -3.01. The molecule has 1 aromatic heterocycles. The van der Waals surface area contributed by atoms with Gasteiger partial charge < -0.3 is 5.73 Å². The number of nitrogens with two attached hydrogens (primary N) is 1. The van der Waals surface area contributed by atoms with E-state index in [1.165, 1.54) is 49.6 Å². The van der Waals surface area contributed by atoms with Crippen molar-refractivity contribution in [1.29, 1.82) is 0 Å². The van der Waals surface area contributed by atoms with E-state index in [9.17, 15) is 22.4 Å². The number of anilines is 1. The largest absolute Gasteiger partial charge is 0.366 e. The van der Waals surface area contributed by atoms with Crippen molar-refractivity contribution in [2.75, 3.05) is 17.7 Å². The van der Waals surface area contributed by atoms with Gasteiger partial charge in [-0.15, -0.1) is 0 Å². The highest BCUT2D eigenvalue weighted by Gasteiger charge is 2.28. The summed E-state index contributed by atoms with van der Waals surface area (Å²) in [5.41, 5.74) is 5.73. The molecular weight excluding hydrogens is 528 g/mol. The molecule has 0 bridgehead atoms. The van der Waals surface area contributed by atoms with Gasteiger partial charge in [-0.3, -0.25) is 14.5 Å². The predicted molar refractivity (Wildman–Crippen MR) is 141 cm³/mol. The molecule has 0 aliphatic carbocycles. The van der Waals surface area contributed by atoms with Crippen molar-refractivity contribution >= 4 is 50.7 Å². The second kappa shape index (κ2) is 12.3. The van der Waals surface area contributed by atoms with E-state index in [1.54, 1.807) is 6.92 Å². The van der Waals surface area contributed by atoms with E-state index in [-0.39, 0.29) is 37.6 Å². The monoisotopic (exact) mass is 553 g/mol. The Bertz CT molecular complexity index is 1380. The molecule has 3 rings (SSSR count). The summed E-state index contributed by atoms with van der Waals surface area (Å²) in [6, 6.07) is 9.41. The van der Waals surface area contributed by atoms with E-state index < -0.39 is 33.0 Å². The van der Waals surface area contributed by atoms with Crippen LogP contribution < -0.4 is 10.6 Å². The number of pyridine rings is 1.